The molecular formula is C43H54N14O7. The lowest BCUT2D eigenvalue weighted by atomic mass is 10.1. The Morgan fingerprint density at radius 1 is 0.828 bits per heavy atom. The second-order valence-corrected chi connectivity index (χ2v) is 15.3. The zero-order valence-electron chi connectivity index (χ0n) is 36.6. The number of methoxy groups -OCH3 is 1. The number of anilines is 3. The molecular weight excluding hydrogens is 825 g/mol. The summed E-state index contributed by atoms with van der Waals surface area (Å²) in [5, 5.41) is 27.2. The number of aliphatic hydroxyl groups is 1. The molecule has 338 valence electrons. The molecule has 21 heteroatoms. The Kier molecular flexibility index (Phi) is 13.7. The molecule has 0 fully saturated rings. The Labute approximate surface area is 368 Å². The zero-order valence-corrected chi connectivity index (χ0v) is 36.6. The summed E-state index contributed by atoms with van der Waals surface area (Å²) in [4.78, 5) is 64.6. The largest absolute Gasteiger partial charge is 0.491 e. The fourth-order valence-electron chi connectivity index (χ4n) is 7.90. The number of carbonyl (C=O) groups excluding carboxylic acids is 4. The topological polar surface area (TPSA) is 270 Å². The summed E-state index contributed by atoms with van der Waals surface area (Å²) in [5.41, 5.74) is 16.7. The Balaban J connectivity index is 1.32. The standard InChI is InChI=1S/C43H54N14O7/c1-6-55-33(18-25(3)51-55)40(61)49-42-47-31-21-28(39(45)60)23-35(64-16-9-11-46-12-15-58)37(31)54(42)13-8-10-29-24-53(14-17-63-5)32-22-27(38(44)59)20-30-36(32)57(29)43(48-30)50-41(62)34-19-26(4)52-56(34)7-2/h8,10,18-23,29,46,58H,6-7,9,11-17,24H2,1-5H3,(H2,44,59)(H2,45,60)(H,47,49,61)(H,48,50,62)/b10-8+/t29-/m0/s1. The number of rotatable bonds is 21. The molecule has 0 saturated carbocycles. The highest BCUT2D eigenvalue weighted by Gasteiger charge is 2.31. The van der Waals surface area contributed by atoms with E-state index in [1.165, 1.54) is 0 Å². The molecule has 0 spiro atoms. The van der Waals surface area contributed by atoms with Crippen molar-refractivity contribution in [2.24, 2.45) is 11.5 Å². The Hall–Kier alpha value is -7.10. The van der Waals surface area contributed by atoms with E-state index in [0.717, 1.165) is 0 Å². The van der Waals surface area contributed by atoms with Gasteiger partial charge in [-0.1, -0.05) is 12.2 Å². The Morgan fingerprint density at radius 3 is 2.05 bits per heavy atom. The van der Waals surface area contributed by atoms with E-state index in [0.29, 0.717) is 109 Å². The van der Waals surface area contributed by atoms with Gasteiger partial charge in [-0.25, -0.2) is 9.97 Å². The molecule has 0 unspecified atom stereocenters. The predicted molar refractivity (Wildman–Crippen MR) is 240 cm³/mol. The number of benzene rings is 2. The maximum absolute atomic E-state index is 13.9. The Bertz CT molecular complexity index is 2750. The number of aryl methyl sites for hydroxylation is 4. The second-order valence-electron chi connectivity index (χ2n) is 15.3. The molecule has 1 atom stereocenters. The summed E-state index contributed by atoms with van der Waals surface area (Å²) in [7, 11) is 1.61. The molecule has 0 saturated heterocycles. The maximum Gasteiger partial charge on any atom is 0.276 e. The number of nitrogens with zero attached hydrogens (tertiary/aromatic N) is 9. The van der Waals surface area contributed by atoms with Crippen molar-refractivity contribution in [1.29, 1.82) is 0 Å². The third-order valence-corrected chi connectivity index (χ3v) is 10.8. The van der Waals surface area contributed by atoms with Gasteiger partial charge in [-0.05, 0) is 77.1 Å². The molecule has 1 aliphatic rings. The van der Waals surface area contributed by atoms with Crippen LogP contribution in [0.5, 0.6) is 5.75 Å². The van der Waals surface area contributed by atoms with Crippen molar-refractivity contribution >= 4 is 63.3 Å². The predicted octanol–water partition coefficient (Wildman–Crippen LogP) is 2.75. The smallest absolute Gasteiger partial charge is 0.276 e. The molecule has 8 N–H and O–H groups in total. The number of amides is 4. The van der Waals surface area contributed by atoms with Gasteiger partial charge in [0.25, 0.3) is 11.8 Å². The highest BCUT2D eigenvalue weighted by atomic mass is 16.5. The van der Waals surface area contributed by atoms with Crippen molar-refractivity contribution in [3.8, 4) is 5.75 Å². The van der Waals surface area contributed by atoms with Crippen molar-refractivity contribution < 1.29 is 33.8 Å². The minimum absolute atomic E-state index is 0.00349. The van der Waals surface area contributed by atoms with Gasteiger partial charge in [0, 0.05) is 57.5 Å². The molecule has 6 aromatic rings. The number of imidazole rings is 2. The highest BCUT2D eigenvalue weighted by molar-refractivity contribution is 6.06. The van der Waals surface area contributed by atoms with E-state index >= 15 is 0 Å². The highest BCUT2D eigenvalue weighted by Crippen LogP contribution is 2.39. The molecule has 0 bridgehead atoms. The summed E-state index contributed by atoms with van der Waals surface area (Å²) in [6, 6.07) is 9.40. The molecule has 5 heterocycles. The number of fused-ring (bicyclic) bond motifs is 1. The van der Waals surface area contributed by atoms with E-state index in [2.05, 4.69) is 31.0 Å². The van der Waals surface area contributed by atoms with Gasteiger partial charge in [0.1, 0.15) is 22.7 Å². The van der Waals surface area contributed by atoms with E-state index in [-0.39, 0.29) is 42.8 Å². The van der Waals surface area contributed by atoms with Crippen LogP contribution in [0.3, 0.4) is 0 Å². The first-order chi connectivity index (χ1) is 30.8. The minimum Gasteiger partial charge on any atom is -0.491 e. The lowest BCUT2D eigenvalue weighted by Crippen LogP contribution is -2.37. The van der Waals surface area contributed by atoms with Crippen LogP contribution in [0.15, 0.2) is 48.6 Å². The lowest BCUT2D eigenvalue weighted by Gasteiger charge is -2.35. The molecule has 0 radical (unpaired) electrons. The van der Waals surface area contributed by atoms with Gasteiger partial charge < -0.3 is 40.8 Å². The summed E-state index contributed by atoms with van der Waals surface area (Å²) < 4.78 is 18.7. The average molecular weight is 879 g/mol. The number of nitrogens with two attached hydrogens (primary N) is 2. The minimum atomic E-state index is -0.680. The van der Waals surface area contributed by atoms with Crippen molar-refractivity contribution in [3.63, 3.8) is 0 Å². The number of aromatic nitrogens is 8. The first-order valence-electron chi connectivity index (χ1n) is 21.1. The summed E-state index contributed by atoms with van der Waals surface area (Å²) in [5.74, 6) is -1.40. The van der Waals surface area contributed by atoms with Crippen molar-refractivity contribution in [1.82, 2.24) is 44.0 Å². The van der Waals surface area contributed by atoms with Crippen LogP contribution >= 0.6 is 0 Å². The van der Waals surface area contributed by atoms with Crippen LogP contribution in [-0.4, -0.2) is 121 Å². The van der Waals surface area contributed by atoms with Crippen molar-refractivity contribution in [2.75, 3.05) is 68.6 Å². The molecule has 0 aliphatic carbocycles. The number of nitrogens with one attached hydrogen (secondary N) is 3. The van der Waals surface area contributed by atoms with Crippen LogP contribution in [0, 0.1) is 13.8 Å². The van der Waals surface area contributed by atoms with Gasteiger partial charge in [0.15, 0.2) is 0 Å². The monoisotopic (exact) mass is 878 g/mol. The van der Waals surface area contributed by atoms with Gasteiger partial charge in [-0.2, -0.15) is 10.2 Å². The first-order valence-corrected chi connectivity index (χ1v) is 21.1. The van der Waals surface area contributed by atoms with Crippen LogP contribution in [-0.2, 0) is 24.4 Å². The van der Waals surface area contributed by atoms with Crippen LogP contribution in [0.2, 0.25) is 0 Å². The number of primary amides is 2. The second kappa shape index (κ2) is 19.5. The van der Waals surface area contributed by atoms with E-state index in [1.54, 1.807) is 64.4 Å². The lowest BCUT2D eigenvalue weighted by molar-refractivity contribution is 0.0992. The average Bonchev–Trinajstić information content (AvgIpc) is 4.04. The normalized spacial score (nSPS) is 13.7. The number of carbonyl (C=O) groups is 4. The van der Waals surface area contributed by atoms with Crippen molar-refractivity contribution in [3.05, 3.63) is 82.5 Å². The number of hydrogen-bond acceptors (Lipinski definition) is 13. The number of allylic oxidation sites excluding steroid dienone is 1. The van der Waals surface area contributed by atoms with Gasteiger partial charge in [0.2, 0.25) is 23.7 Å². The van der Waals surface area contributed by atoms with Crippen LogP contribution in [0.25, 0.3) is 22.1 Å². The van der Waals surface area contributed by atoms with Crippen molar-refractivity contribution in [2.45, 2.75) is 59.8 Å². The van der Waals surface area contributed by atoms with E-state index in [1.807, 2.05) is 37.5 Å². The third kappa shape index (κ3) is 9.31. The van der Waals surface area contributed by atoms with E-state index < -0.39 is 29.7 Å². The fourth-order valence-corrected chi connectivity index (χ4v) is 7.90. The van der Waals surface area contributed by atoms with Gasteiger partial charge in [-0.3, -0.25) is 43.7 Å². The van der Waals surface area contributed by atoms with E-state index in [9.17, 15) is 24.3 Å². The number of hydrogen-bond donors (Lipinski definition) is 6. The van der Waals surface area contributed by atoms with E-state index in [4.69, 9.17) is 30.9 Å². The summed E-state index contributed by atoms with van der Waals surface area (Å²) in [6.45, 7) is 11.0. The SMILES string of the molecule is CCn1nc(C)cc1C(=O)Nc1nc2cc(C(N)=O)cc(OCCCNCCO)c2n1C/C=C/[C@H]1CN(CCOC)c2cc(C(N)=O)cc3nc(NC(=O)c4cc(C)nn4CC)n1c23. The molecule has 2 aromatic carbocycles. The van der Waals surface area contributed by atoms with Crippen LogP contribution in [0.1, 0.15) is 79.4 Å². The summed E-state index contributed by atoms with van der Waals surface area (Å²) in [6.07, 6.45) is 4.47. The maximum atomic E-state index is 13.9. The molecule has 21 nitrogen and oxygen atoms in total. The molecule has 1 aliphatic heterocycles. The van der Waals surface area contributed by atoms with Crippen LogP contribution in [0.4, 0.5) is 17.6 Å². The van der Waals surface area contributed by atoms with Crippen LogP contribution < -0.4 is 37.1 Å². The summed E-state index contributed by atoms with van der Waals surface area (Å²) >= 11 is 0. The Morgan fingerprint density at radius 2 is 1.44 bits per heavy atom. The molecule has 4 amide bonds. The molecule has 4 aromatic heterocycles. The fraction of sp³-hybridized carbons (Fsp3) is 0.395. The van der Waals surface area contributed by atoms with Gasteiger partial charge in [-0.15, -0.1) is 0 Å². The van der Waals surface area contributed by atoms with Gasteiger partial charge in [0.05, 0.1) is 59.5 Å². The molecule has 7 rings (SSSR count). The number of aliphatic hydroxyl groups excluding tert-OH is 1. The third-order valence-electron chi connectivity index (χ3n) is 10.8. The molecule has 64 heavy (non-hydrogen) atoms. The first kappa shape index (κ1) is 44.9. The quantitative estimate of drug-likeness (QED) is 0.0449. The number of ether oxygens (including phenoxy) is 2. The van der Waals surface area contributed by atoms with Gasteiger partial charge >= 0.3 is 0 Å². The zero-order chi connectivity index (χ0) is 45.7.